The summed E-state index contributed by atoms with van der Waals surface area (Å²) in [4.78, 5) is 14.4. The Bertz CT molecular complexity index is 541. The van der Waals surface area contributed by atoms with E-state index in [0.29, 0.717) is 19.5 Å². The fourth-order valence-electron chi connectivity index (χ4n) is 6.04. The molecule has 0 unspecified atom stereocenters. The van der Waals surface area contributed by atoms with Crippen LogP contribution < -0.4 is 0 Å². The number of sulfone groups is 1. The van der Waals surface area contributed by atoms with Gasteiger partial charge in [0.15, 0.2) is 9.84 Å². The van der Waals surface area contributed by atoms with Crippen LogP contribution in [0.1, 0.15) is 51.9 Å². The van der Waals surface area contributed by atoms with Gasteiger partial charge in [-0.3, -0.25) is 4.79 Å². The van der Waals surface area contributed by atoms with Crippen LogP contribution in [0.25, 0.3) is 0 Å². The van der Waals surface area contributed by atoms with Gasteiger partial charge < -0.3 is 4.90 Å². The van der Waals surface area contributed by atoms with E-state index < -0.39 is 9.84 Å². The molecule has 0 aromatic heterocycles. The molecule has 1 aliphatic heterocycles. The average molecular weight is 325 g/mol. The number of carbonyl (C=O) groups is 1. The summed E-state index contributed by atoms with van der Waals surface area (Å²) in [5.41, 5.74) is 0.264. The first-order chi connectivity index (χ1) is 10.4. The molecule has 0 spiro atoms. The minimum atomic E-state index is -2.97. The Morgan fingerprint density at radius 1 is 1.05 bits per heavy atom. The summed E-state index contributed by atoms with van der Waals surface area (Å²) in [5.74, 6) is 3.00. The molecule has 0 radical (unpaired) electrons. The molecular weight excluding hydrogens is 298 g/mol. The van der Waals surface area contributed by atoms with Crippen LogP contribution in [0.5, 0.6) is 0 Å². The number of nitrogens with zero attached hydrogens (tertiary/aromatic N) is 1. The maximum atomic E-state index is 12.6. The zero-order chi connectivity index (χ0) is 15.5. The Kier molecular flexibility index (Phi) is 3.37. The predicted octanol–water partition coefficient (Wildman–Crippen LogP) is 2.24. The van der Waals surface area contributed by atoms with Gasteiger partial charge in [-0.25, -0.2) is 8.42 Å². The molecule has 22 heavy (non-hydrogen) atoms. The molecule has 0 aromatic rings. The first kappa shape index (κ1) is 15.0. The van der Waals surface area contributed by atoms with Crippen LogP contribution in [-0.2, 0) is 14.6 Å². The van der Waals surface area contributed by atoms with Crippen molar-refractivity contribution in [1.29, 1.82) is 0 Å². The van der Waals surface area contributed by atoms with E-state index in [9.17, 15) is 13.2 Å². The molecule has 4 bridgehead atoms. The molecule has 1 heterocycles. The third-order valence-electron chi connectivity index (χ3n) is 6.80. The van der Waals surface area contributed by atoms with Crippen molar-refractivity contribution >= 4 is 15.7 Å². The highest BCUT2D eigenvalue weighted by molar-refractivity contribution is 7.92. The van der Waals surface area contributed by atoms with E-state index in [4.69, 9.17) is 0 Å². The Morgan fingerprint density at radius 2 is 1.55 bits per heavy atom. The van der Waals surface area contributed by atoms with Crippen LogP contribution in [0, 0.1) is 23.2 Å². The molecule has 0 N–H and O–H groups in total. The number of likely N-dealkylation sites (tertiary alicyclic amines) is 1. The molecular formula is C17H27NO3S. The van der Waals surface area contributed by atoms with Crippen molar-refractivity contribution in [3.05, 3.63) is 0 Å². The van der Waals surface area contributed by atoms with Gasteiger partial charge in [-0.15, -0.1) is 0 Å². The Labute approximate surface area is 133 Å². The number of hydrogen-bond donors (Lipinski definition) is 0. The van der Waals surface area contributed by atoms with E-state index in [2.05, 4.69) is 0 Å². The van der Waals surface area contributed by atoms with Crippen LogP contribution in [-0.4, -0.2) is 43.3 Å². The lowest BCUT2D eigenvalue weighted by molar-refractivity contribution is -0.142. The van der Waals surface area contributed by atoms with E-state index in [1.165, 1.54) is 38.5 Å². The van der Waals surface area contributed by atoms with Gasteiger partial charge in [-0.1, -0.05) is 6.92 Å². The molecule has 1 amide bonds. The quantitative estimate of drug-likeness (QED) is 0.796. The van der Waals surface area contributed by atoms with Crippen LogP contribution in [0.2, 0.25) is 0 Å². The molecule has 124 valence electrons. The van der Waals surface area contributed by atoms with Crippen molar-refractivity contribution in [2.45, 2.75) is 57.1 Å². The van der Waals surface area contributed by atoms with Crippen LogP contribution >= 0.6 is 0 Å². The minimum Gasteiger partial charge on any atom is -0.340 e. The molecule has 4 aliphatic carbocycles. The lowest BCUT2D eigenvalue weighted by Gasteiger charge is -2.57. The molecule has 0 aromatic carbocycles. The first-order valence-corrected chi connectivity index (χ1v) is 10.6. The highest BCUT2D eigenvalue weighted by atomic mass is 32.2. The fourth-order valence-corrected chi connectivity index (χ4v) is 7.33. The van der Waals surface area contributed by atoms with Gasteiger partial charge in [0, 0.05) is 25.3 Å². The van der Waals surface area contributed by atoms with Gasteiger partial charge in [0.25, 0.3) is 0 Å². The second-order valence-electron chi connectivity index (χ2n) is 8.47. The summed E-state index contributed by atoms with van der Waals surface area (Å²) in [5, 5.41) is -0.308. The largest absolute Gasteiger partial charge is 0.340 e. The standard InChI is InChI=1S/C17H27NO3S/c1-2-22(20,21)15-10-18(11-15)16(19)9-17-6-12-3-13(7-17)5-14(4-12)8-17/h12-15H,2-11H2,1H3. The highest BCUT2D eigenvalue weighted by Crippen LogP contribution is 2.61. The molecule has 5 rings (SSSR count). The van der Waals surface area contributed by atoms with E-state index in [-0.39, 0.29) is 22.3 Å². The van der Waals surface area contributed by atoms with E-state index in [1.54, 1.807) is 11.8 Å². The maximum absolute atomic E-state index is 12.6. The monoisotopic (exact) mass is 325 g/mol. The summed E-state index contributed by atoms with van der Waals surface area (Å²) >= 11 is 0. The topological polar surface area (TPSA) is 54.5 Å². The lowest BCUT2D eigenvalue weighted by Crippen LogP contribution is -2.58. The van der Waals surface area contributed by atoms with E-state index >= 15 is 0 Å². The van der Waals surface area contributed by atoms with Gasteiger partial charge >= 0.3 is 0 Å². The summed E-state index contributed by atoms with van der Waals surface area (Å²) in [6.07, 6.45) is 8.60. The van der Waals surface area contributed by atoms with Crippen molar-refractivity contribution in [2.75, 3.05) is 18.8 Å². The molecule has 5 fully saturated rings. The number of amides is 1. The molecule has 5 aliphatic rings. The molecule has 4 nitrogen and oxygen atoms in total. The van der Waals surface area contributed by atoms with Crippen molar-refractivity contribution < 1.29 is 13.2 Å². The second-order valence-corrected chi connectivity index (χ2v) is 11.0. The maximum Gasteiger partial charge on any atom is 0.223 e. The Morgan fingerprint density at radius 3 is 2.00 bits per heavy atom. The van der Waals surface area contributed by atoms with Gasteiger partial charge in [-0.05, 0) is 61.7 Å². The highest BCUT2D eigenvalue weighted by Gasteiger charge is 2.52. The van der Waals surface area contributed by atoms with Gasteiger partial charge in [0.05, 0.1) is 5.25 Å². The van der Waals surface area contributed by atoms with Crippen molar-refractivity contribution in [2.24, 2.45) is 23.2 Å². The Hall–Kier alpha value is -0.580. The zero-order valence-corrected chi connectivity index (χ0v) is 14.3. The molecule has 1 saturated heterocycles. The first-order valence-electron chi connectivity index (χ1n) is 8.88. The zero-order valence-electron chi connectivity index (χ0n) is 13.5. The van der Waals surface area contributed by atoms with Gasteiger partial charge in [0.2, 0.25) is 5.91 Å². The smallest absolute Gasteiger partial charge is 0.223 e. The van der Waals surface area contributed by atoms with E-state index in [1.807, 2.05) is 0 Å². The van der Waals surface area contributed by atoms with Crippen molar-refractivity contribution in [1.82, 2.24) is 4.90 Å². The Balaban J connectivity index is 1.38. The van der Waals surface area contributed by atoms with E-state index in [0.717, 1.165) is 17.8 Å². The number of carbonyl (C=O) groups excluding carboxylic acids is 1. The van der Waals surface area contributed by atoms with Crippen LogP contribution in [0.15, 0.2) is 0 Å². The van der Waals surface area contributed by atoms with Crippen molar-refractivity contribution in [3.63, 3.8) is 0 Å². The minimum absolute atomic E-state index is 0.189. The number of rotatable bonds is 4. The third-order valence-corrected chi connectivity index (χ3v) is 8.92. The lowest BCUT2D eigenvalue weighted by atomic mass is 9.49. The third kappa shape index (κ3) is 2.40. The summed E-state index contributed by atoms with van der Waals surface area (Å²) in [6, 6.07) is 0. The normalized spacial score (nSPS) is 40.8. The average Bonchev–Trinajstić information content (AvgIpc) is 2.33. The summed E-state index contributed by atoms with van der Waals surface area (Å²) < 4.78 is 23.6. The predicted molar refractivity (Wildman–Crippen MR) is 85.1 cm³/mol. The van der Waals surface area contributed by atoms with Crippen LogP contribution in [0.4, 0.5) is 0 Å². The summed E-state index contributed by atoms with van der Waals surface area (Å²) in [6.45, 7) is 2.55. The SMILES string of the molecule is CCS(=O)(=O)C1CN(C(=O)CC23CC4CC(CC(C4)C2)C3)C1. The fraction of sp³-hybridized carbons (Fsp3) is 0.941. The molecule has 0 atom stereocenters. The number of hydrogen-bond acceptors (Lipinski definition) is 3. The molecule has 5 heteroatoms. The van der Waals surface area contributed by atoms with Gasteiger partial charge in [0.1, 0.15) is 0 Å². The van der Waals surface area contributed by atoms with Gasteiger partial charge in [-0.2, -0.15) is 0 Å². The van der Waals surface area contributed by atoms with Crippen molar-refractivity contribution in [3.8, 4) is 0 Å². The molecule has 4 saturated carbocycles. The summed E-state index contributed by atoms with van der Waals surface area (Å²) in [7, 11) is -2.97. The second kappa shape index (κ2) is 4.96. The van der Waals surface area contributed by atoms with Crippen LogP contribution in [0.3, 0.4) is 0 Å².